The highest BCUT2D eigenvalue weighted by atomic mass is 16.4. The number of para-hydroxylation sites is 3. The van der Waals surface area contributed by atoms with Crippen LogP contribution in [0.25, 0.3) is 101 Å². The number of aromatic nitrogens is 4. The van der Waals surface area contributed by atoms with Crippen LogP contribution < -0.4 is 0 Å². The van der Waals surface area contributed by atoms with E-state index in [0.717, 1.165) is 60.8 Å². The molecule has 244 valence electrons. The Hall–Kier alpha value is -7.18. The normalized spacial score (nSPS) is 11.5. The van der Waals surface area contributed by atoms with E-state index in [2.05, 4.69) is 66.7 Å². The average Bonchev–Trinajstić information content (AvgIpc) is 3.83. The molecule has 0 bridgehead atoms. The maximum Gasteiger partial charge on any atom is 0.231 e. The first-order chi connectivity index (χ1) is 25.7. The third kappa shape index (κ3) is 5.22. The zero-order valence-corrected chi connectivity index (χ0v) is 27.8. The molecule has 10 aromatic rings. The molecule has 0 amide bonds. The summed E-state index contributed by atoms with van der Waals surface area (Å²) in [5, 5.41) is 1.88. The molecule has 6 heteroatoms. The lowest BCUT2D eigenvalue weighted by Gasteiger charge is -2.08. The third-order valence-electron chi connectivity index (χ3n) is 9.37. The molecule has 0 fully saturated rings. The van der Waals surface area contributed by atoms with Gasteiger partial charge in [0.1, 0.15) is 16.7 Å². The Morgan fingerprint density at radius 3 is 1.58 bits per heavy atom. The molecule has 0 radical (unpaired) electrons. The smallest absolute Gasteiger partial charge is 0.231 e. The molecule has 3 aromatic heterocycles. The zero-order valence-electron chi connectivity index (χ0n) is 27.8. The predicted molar refractivity (Wildman–Crippen MR) is 207 cm³/mol. The van der Waals surface area contributed by atoms with Crippen molar-refractivity contribution in [3.8, 4) is 67.9 Å². The highest BCUT2D eigenvalue weighted by Gasteiger charge is 2.22. The van der Waals surface area contributed by atoms with Gasteiger partial charge in [-0.15, -0.1) is 0 Å². The molecule has 0 atom stereocenters. The lowest BCUT2D eigenvalue weighted by molar-refractivity contribution is 0.615. The Bertz CT molecular complexity index is 2810. The molecule has 0 spiro atoms. The van der Waals surface area contributed by atoms with Crippen LogP contribution >= 0.6 is 0 Å². The number of furan rings is 1. The minimum Gasteiger partial charge on any atom is -0.454 e. The molecule has 52 heavy (non-hydrogen) atoms. The Morgan fingerprint density at radius 1 is 0.327 bits per heavy atom. The molecule has 0 aliphatic carbocycles. The Kier molecular flexibility index (Phi) is 7.03. The summed E-state index contributed by atoms with van der Waals surface area (Å²) in [5.41, 5.74) is 10.6. The van der Waals surface area contributed by atoms with E-state index in [1.54, 1.807) is 0 Å². The van der Waals surface area contributed by atoms with Crippen molar-refractivity contribution >= 4 is 33.0 Å². The minimum atomic E-state index is 0.491. The monoisotopic (exact) mass is 668 g/mol. The fraction of sp³-hybridized carbons (Fsp3) is 0. The van der Waals surface area contributed by atoms with Crippen molar-refractivity contribution in [3.63, 3.8) is 0 Å². The molecular weight excluding hydrogens is 641 g/mol. The summed E-state index contributed by atoms with van der Waals surface area (Å²) >= 11 is 0. The van der Waals surface area contributed by atoms with Crippen molar-refractivity contribution < 1.29 is 8.83 Å². The van der Waals surface area contributed by atoms with Crippen LogP contribution in [0, 0.1) is 0 Å². The number of fused-ring (bicyclic) bond motifs is 4. The Balaban J connectivity index is 1.22. The molecule has 10 rings (SSSR count). The van der Waals surface area contributed by atoms with Crippen LogP contribution in [0.15, 0.2) is 179 Å². The van der Waals surface area contributed by atoms with Crippen molar-refractivity contribution in [3.05, 3.63) is 170 Å². The first-order valence-corrected chi connectivity index (χ1v) is 17.1. The largest absolute Gasteiger partial charge is 0.454 e. The van der Waals surface area contributed by atoms with E-state index in [1.807, 2.05) is 103 Å². The number of nitrogens with zero attached hydrogens (tertiary/aromatic N) is 4. The number of benzene rings is 7. The lowest BCUT2D eigenvalue weighted by Crippen LogP contribution is -2.00. The number of rotatable bonds is 6. The van der Waals surface area contributed by atoms with Crippen LogP contribution in [-0.2, 0) is 0 Å². The van der Waals surface area contributed by atoms with Gasteiger partial charge in [0, 0.05) is 21.9 Å². The van der Waals surface area contributed by atoms with Crippen LogP contribution in [0.5, 0.6) is 0 Å². The predicted octanol–water partition coefficient (Wildman–Crippen LogP) is 11.9. The molecule has 0 N–H and O–H groups in total. The van der Waals surface area contributed by atoms with Crippen molar-refractivity contribution in [2.45, 2.75) is 0 Å². The van der Waals surface area contributed by atoms with Gasteiger partial charge in [-0.25, -0.2) is 19.9 Å². The van der Waals surface area contributed by atoms with Gasteiger partial charge in [-0.3, -0.25) is 0 Å². The summed E-state index contributed by atoms with van der Waals surface area (Å²) in [6.45, 7) is 0. The van der Waals surface area contributed by atoms with Gasteiger partial charge in [-0.1, -0.05) is 133 Å². The number of hydrogen-bond acceptors (Lipinski definition) is 6. The van der Waals surface area contributed by atoms with E-state index < -0.39 is 0 Å². The maximum atomic E-state index is 6.89. The fourth-order valence-electron chi connectivity index (χ4n) is 6.83. The van der Waals surface area contributed by atoms with E-state index in [9.17, 15) is 0 Å². The van der Waals surface area contributed by atoms with Crippen molar-refractivity contribution in [2.75, 3.05) is 0 Å². The van der Waals surface area contributed by atoms with Crippen LogP contribution in [0.4, 0.5) is 0 Å². The molecule has 0 aliphatic rings. The molecule has 0 unspecified atom stereocenters. The second-order valence-electron chi connectivity index (χ2n) is 12.7. The Labute approximate surface area is 298 Å². The average molecular weight is 669 g/mol. The summed E-state index contributed by atoms with van der Waals surface area (Å²) in [5.74, 6) is 2.19. The van der Waals surface area contributed by atoms with Gasteiger partial charge in [-0.05, 0) is 58.7 Å². The van der Waals surface area contributed by atoms with Gasteiger partial charge in [0.15, 0.2) is 23.1 Å². The van der Waals surface area contributed by atoms with Crippen LogP contribution in [-0.4, -0.2) is 19.9 Å². The lowest BCUT2D eigenvalue weighted by atomic mass is 9.96. The van der Waals surface area contributed by atoms with E-state index >= 15 is 0 Å². The summed E-state index contributed by atoms with van der Waals surface area (Å²) in [4.78, 5) is 19.9. The van der Waals surface area contributed by atoms with E-state index in [-0.39, 0.29) is 0 Å². The molecule has 7 aromatic carbocycles. The second kappa shape index (κ2) is 12.3. The van der Waals surface area contributed by atoms with Gasteiger partial charge in [0.05, 0.1) is 11.1 Å². The molecule has 0 saturated carbocycles. The first-order valence-electron chi connectivity index (χ1n) is 17.1. The van der Waals surface area contributed by atoms with Gasteiger partial charge in [0.25, 0.3) is 0 Å². The first kappa shape index (κ1) is 29.7. The van der Waals surface area contributed by atoms with Gasteiger partial charge in [0.2, 0.25) is 5.89 Å². The summed E-state index contributed by atoms with van der Waals surface area (Å²) in [6, 6.07) is 57.2. The fourth-order valence-corrected chi connectivity index (χ4v) is 6.83. The Morgan fingerprint density at radius 2 is 0.885 bits per heavy atom. The highest BCUT2D eigenvalue weighted by Crippen LogP contribution is 2.43. The second-order valence-corrected chi connectivity index (χ2v) is 12.7. The van der Waals surface area contributed by atoms with Crippen molar-refractivity contribution in [1.82, 2.24) is 19.9 Å². The molecule has 3 heterocycles. The number of oxazole rings is 1. The quantitative estimate of drug-likeness (QED) is 0.175. The molecule has 0 saturated heterocycles. The van der Waals surface area contributed by atoms with Crippen molar-refractivity contribution in [1.29, 1.82) is 0 Å². The highest BCUT2D eigenvalue weighted by molar-refractivity contribution is 6.14. The standard InChI is InChI=1S/C46H28N4O2/c1-4-14-29(15-5-1)32-20-12-21-33(26-32)34-27-37-35-22-13-23-36(41(35)52-42(37)38(28-34)46-47-39-24-10-11-25-40(39)51-46)45-49-43(30-16-6-2-7-17-30)48-44(50-45)31-18-8-3-9-19-31/h1-28H. The summed E-state index contributed by atoms with van der Waals surface area (Å²) < 4.78 is 13.3. The van der Waals surface area contributed by atoms with Gasteiger partial charge < -0.3 is 8.83 Å². The maximum absolute atomic E-state index is 6.89. The topological polar surface area (TPSA) is 77.8 Å². The van der Waals surface area contributed by atoms with Gasteiger partial charge in [-0.2, -0.15) is 0 Å². The van der Waals surface area contributed by atoms with Crippen LogP contribution in [0.1, 0.15) is 0 Å². The van der Waals surface area contributed by atoms with Crippen LogP contribution in [0.3, 0.4) is 0 Å². The third-order valence-corrected chi connectivity index (χ3v) is 9.37. The summed E-state index contributed by atoms with van der Waals surface area (Å²) in [6.07, 6.45) is 0. The van der Waals surface area contributed by atoms with Gasteiger partial charge >= 0.3 is 0 Å². The molecular formula is C46H28N4O2. The van der Waals surface area contributed by atoms with Crippen molar-refractivity contribution in [2.24, 2.45) is 0 Å². The van der Waals surface area contributed by atoms with E-state index in [1.165, 1.54) is 0 Å². The molecule has 6 nitrogen and oxygen atoms in total. The molecule has 0 aliphatic heterocycles. The van der Waals surface area contributed by atoms with E-state index in [0.29, 0.717) is 40.1 Å². The zero-order chi connectivity index (χ0) is 34.4. The number of hydrogen-bond donors (Lipinski definition) is 0. The van der Waals surface area contributed by atoms with Crippen LogP contribution in [0.2, 0.25) is 0 Å². The SMILES string of the molecule is c1ccc(-c2cccc(-c3cc(-c4nc5ccccc5o4)c4oc5c(-c6nc(-c7ccccc7)nc(-c7ccccc7)n6)cccc5c4c3)c2)cc1. The minimum absolute atomic E-state index is 0.491. The summed E-state index contributed by atoms with van der Waals surface area (Å²) in [7, 11) is 0. The van der Waals surface area contributed by atoms with E-state index in [4.69, 9.17) is 28.8 Å².